The summed E-state index contributed by atoms with van der Waals surface area (Å²) >= 11 is 0. The van der Waals surface area contributed by atoms with Gasteiger partial charge in [0.2, 0.25) is 10.0 Å². The maximum absolute atomic E-state index is 12.5. The van der Waals surface area contributed by atoms with Gasteiger partial charge in [-0.1, -0.05) is 18.2 Å². The minimum Gasteiger partial charge on any atom is -0.492 e. The summed E-state index contributed by atoms with van der Waals surface area (Å²) in [6.07, 6.45) is -9.46. The van der Waals surface area contributed by atoms with Gasteiger partial charge < -0.3 is 14.2 Å². The molecule has 0 unspecified atom stereocenters. The average molecular weight is 473 g/mol. The van der Waals surface area contributed by atoms with E-state index in [-0.39, 0.29) is 13.2 Å². The van der Waals surface area contributed by atoms with E-state index in [9.17, 15) is 34.8 Å². The van der Waals surface area contributed by atoms with E-state index in [0.717, 1.165) is 12.1 Å². The Hall–Kier alpha value is -2.67. The van der Waals surface area contributed by atoms with Gasteiger partial charge >= 0.3 is 12.4 Å². The van der Waals surface area contributed by atoms with Crippen LogP contribution in [-0.4, -0.2) is 47.1 Å². The predicted octanol–water partition coefficient (Wildman–Crippen LogP) is 3.93. The van der Waals surface area contributed by atoms with Gasteiger partial charge in [0, 0.05) is 12.6 Å². The van der Waals surface area contributed by atoms with Crippen molar-refractivity contribution >= 4 is 10.0 Å². The van der Waals surface area contributed by atoms with Crippen LogP contribution in [0.25, 0.3) is 0 Å². The van der Waals surface area contributed by atoms with Crippen LogP contribution in [0.15, 0.2) is 53.4 Å². The van der Waals surface area contributed by atoms with Gasteiger partial charge in [-0.15, -0.1) is 0 Å². The van der Waals surface area contributed by atoms with Crippen molar-refractivity contribution in [2.24, 2.45) is 0 Å². The first-order valence-corrected chi connectivity index (χ1v) is 10.0. The maximum Gasteiger partial charge on any atom is 0.422 e. The van der Waals surface area contributed by atoms with Gasteiger partial charge in [-0.25, -0.2) is 13.1 Å². The van der Waals surface area contributed by atoms with Crippen LogP contribution in [0, 0.1) is 0 Å². The molecule has 0 fully saturated rings. The summed E-state index contributed by atoms with van der Waals surface area (Å²) in [5, 5.41) is 0. The molecule has 1 N–H and O–H groups in total. The molecule has 13 heteroatoms. The van der Waals surface area contributed by atoms with E-state index < -0.39 is 52.0 Å². The second-order valence-corrected chi connectivity index (χ2v) is 7.71. The Morgan fingerprint density at radius 2 is 1.39 bits per heavy atom. The molecule has 0 saturated heterocycles. The summed E-state index contributed by atoms with van der Waals surface area (Å²) in [6, 6.07) is 10.7. The van der Waals surface area contributed by atoms with Crippen molar-refractivity contribution < 1.29 is 49.0 Å². The van der Waals surface area contributed by atoms with E-state index in [1.54, 1.807) is 30.3 Å². The first-order valence-electron chi connectivity index (χ1n) is 8.56. The van der Waals surface area contributed by atoms with E-state index in [4.69, 9.17) is 4.74 Å². The first-order chi connectivity index (χ1) is 14.4. The van der Waals surface area contributed by atoms with E-state index >= 15 is 0 Å². The molecule has 0 aliphatic carbocycles. The molecule has 2 rings (SSSR count). The molecule has 0 aliphatic rings. The molecule has 2 aromatic carbocycles. The largest absolute Gasteiger partial charge is 0.492 e. The highest BCUT2D eigenvalue weighted by atomic mass is 32.2. The van der Waals surface area contributed by atoms with Crippen LogP contribution in [0.3, 0.4) is 0 Å². The van der Waals surface area contributed by atoms with Crippen LogP contribution in [0.5, 0.6) is 17.2 Å². The number of sulfonamides is 1. The van der Waals surface area contributed by atoms with Crippen LogP contribution in [0.4, 0.5) is 26.3 Å². The zero-order chi connectivity index (χ0) is 23.1. The molecule has 2 aromatic rings. The van der Waals surface area contributed by atoms with Gasteiger partial charge in [0.05, 0.1) is 0 Å². The summed E-state index contributed by atoms with van der Waals surface area (Å²) in [5.41, 5.74) is 0. The van der Waals surface area contributed by atoms with Crippen molar-refractivity contribution in [3.8, 4) is 17.2 Å². The van der Waals surface area contributed by atoms with Crippen molar-refractivity contribution in [3.63, 3.8) is 0 Å². The zero-order valence-corrected chi connectivity index (χ0v) is 16.5. The Balaban J connectivity index is 2.14. The van der Waals surface area contributed by atoms with Gasteiger partial charge in [0.25, 0.3) is 0 Å². The van der Waals surface area contributed by atoms with Gasteiger partial charge in [0.15, 0.2) is 13.2 Å². The summed E-state index contributed by atoms with van der Waals surface area (Å²) in [6.45, 7) is -3.90. The highest BCUT2D eigenvalue weighted by Crippen LogP contribution is 2.30. The van der Waals surface area contributed by atoms with E-state index in [1.807, 2.05) is 0 Å². The lowest BCUT2D eigenvalue weighted by Crippen LogP contribution is -2.29. The van der Waals surface area contributed by atoms with Crippen molar-refractivity contribution in [1.29, 1.82) is 0 Å². The molecule has 0 spiro atoms. The molecule has 31 heavy (non-hydrogen) atoms. The Kier molecular flexibility index (Phi) is 8.01. The quantitative estimate of drug-likeness (QED) is 0.418. The topological polar surface area (TPSA) is 73.9 Å². The smallest absolute Gasteiger partial charge is 0.422 e. The Labute approximate surface area is 173 Å². The van der Waals surface area contributed by atoms with E-state index in [0.29, 0.717) is 11.8 Å². The van der Waals surface area contributed by atoms with Crippen LogP contribution in [-0.2, 0) is 10.0 Å². The molecule has 0 atom stereocenters. The number of hydrogen-bond donors (Lipinski definition) is 1. The fourth-order valence-electron chi connectivity index (χ4n) is 2.17. The Morgan fingerprint density at radius 1 is 0.774 bits per heavy atom. The van der Waals surface area contributed by atoms with Crippen LogP contribution in [0.1, 0.15) is 0 Å². The average Bonchev–Trinajstić information content (AvgIpc) is 2.68. The molecule has 0 radical (unpaired) electrons. The first kappa shape index (κ1) is 24.6. The van der Waals surface area contributed by atoms with Crippen molar-refractivity contribution in [2.75, 3.05) is 26.4 Å². The monoisotopic (exact) mass is 473 g/mol. The second-order valence-electron chi connectivity index (χ2n) is 5.98. The molecule has 0 aliphatic heterocycles. The van der Waals surface area contributed by atoms with Crippen LogP contribution >= 0.6 is 0 Å². The number of para-hydroxylation sites is 1. The van der Waals surface area contributed by atoms with Crippen molar-refractivity contribution in [3.05, 3.63) is 48.5 Å². The number of rotatable bonds is 10. The van der Waals surface area contributed by atoms with Gasteiger partial charge in [0.1, 0.15) is 28.8 Å². The number of hydrogen-bond acceptors (Lipinski definition) is 5. The molecule has 6 nitrogen and oxygen atoms in total. The van der Waals surface area contributed by atoms with Crippen LogP contribution in [0.2, 0.25) is 0 Å². The van der Waals surface area contributed by atoms with Gasteiger partial charge in [-0.05, 0) is 24.3 Å². The summed E-state index contributed by atoms with van der Waals surface area (Å²) < 4.78 is 116. The molecular weight excluding hydrogens is 456 g/mol. The third-order valence-electron chi connectivity index (χ3n) is 3.40. The van der Waals surface area contributed by atoms with Crippen molar-refractivity contribution in [2.45, 2.75) is 17.2 Å². The molecule has 0 saturated carbocycles. The summed E-state index contributed by atoms with van der Waals surface area (Å²) in [5.74, 6) is -0.760. The molecule has 0 amide bonds. The zero-order valence-electron chi connectivity index (χ0n) is 15.7. The third-order valence-corrected chi connectivity index (χ3v) is 4.89. The number of alkyl halides is 6. The second kappa shape index (κ2) is 10.1. The Morgan fingerprint density at radius 3 is 2.00 bits per heavy atom. The summed E-state index contributed by atoms with van der Waals surface area (Å²) in [4.78, 5) is -0.809. The normalized spacial score (nSPS) is 12.5. The fourth-order valence-corrected chi connectivity index (χ4v) is 3.34. The lowest BCUT2D eigenvalue weighted by molar-refractivity contribution is -0.154. The number of benzene rings is 2. The molecule has 0 bridgehead atoms. The molecule has 172 valence electrons. The lowest BCUT2D eigenvalue weighted by Gasteiger charge is -2.16. The third kappa shape index (κ3) is 8.92. The molecular formula is C18H17F6NO5S. The number of nitrogens with one attached hydrogen (secondary N) is 1. The van der Waals surface area contributed by atoms with E-state index in [2.05, 4.69) is 14.2 Å². The standard InChI is InChI=1S/C18H17F6NO5S/c19-17(20,21)11-29-14-6-7-15(30-12-18(22,23)24)16(10-14)31(26,27)25-8-9-28-13-4-2-1-3-5-13/h1-7,10,25H,8-9,11-12H2. The highest BCUT2D eigenvalue weighted by molar-refractivity contribution is 7.89. The minimum atomic E-state index is -4.76. The SMILES string of the molecule is O=S(=O)(NCCOc1ccccc1)c1cc(OCC(F)(F)F)ccc1OCC(F)(F)F. The molecule has 0 heterocycles. The molecule has 0 aromatic heterocycles. The lowest BCUT2D eigenvalue weighted by atomic mass is 10.3. The number of ether oxygens (including phenoxy) is 3. The predicted molar refractivity (Wildman–Crippen MR) is 96.7 cm³/mol. The van der Waals surface area contributed by atoms with Gasteiger partial charge in [-0.2, -0.15) is 26.3 Å². The summed E-state index contributed by atoms with van der Waals surface area (Å²) in [7, 11) is -4.47. The highest BCUT2D eigenvalue weighted by Gasteiger charge is 2.31. The van der Waals surface area contributed by atoms with E-state index in [1.165, 1.54) is 0 Å². The van der Waals surface area contributed by atoms with Crippen LogP contribution < -0.4 is 18.9 Å². The van der Waals surface area contributed by atoms with Crippen molar-refractivity contribution in [1.82, 2.24) is 4.72 Å². The maximum atomic E-state index is 12.5. The van der Waals surface area contributed by atoms with Gasteiger partial charge in [-0.3, -0.25) is 0 Å². The number of halogens is 6. The minimum absolute atomic E-state index is 0.119. The Bertz CT molecular complexity index is 948. The fraction of sp³-hybridized carbons (Fsp3) is 0.333.